The summed E-state index contributed by atoms with van der Waals surface area (Å²) >= 11 is 0. The molecule has 2 atom stereocenters. The van der Waals surface area contributed by atoms with E-state index in [2.05, 4.69) is 11.4 Å². The van der Waals surface area contributed by atoms with Crippen LogP contribution in [0.4, 0.5) is 5.69 Å². The lowest BCUT2D eigenvalue weighted by Crippen LogP contribution is -2.48. The monoisotopic (exact) mass is 402 g/mol. The lowest BCUT2D eigenvalue weighted by atomic mass is 9.99. The number of carbonyl (C=O) groups excluding carboxylic acids is 1. The molecule has 1 N–H and O–H groups in total. The Labute approximate surface area is 168 Å². The highest BCUT2D eigenvalue weighted by Gasteiger charge is 2.30. The molecule has 1 amide bonds. The van der Waals surface area contributed by atoms with Crippen molar-refractivity contribution in [3.05, 3.63) is 64.7 Å². The highest BCUT2D eigenvalue weighted by molar-refractivity contribution is 7.92. The molecule has 0 radical (unpaired) electrons. The van der Waals surface area contributed by atoms with E-state index in [1.165, 1.54) is 9.87 Å². The Hall–Kier alpha value is -2.34. The Morgan fingerprint density at radius 1 is 1.07 bits per heavy atom. The highest BCUT2D eigenvalue weighted by Crippen LogP contribution is 2.24. The fraction of sp³-hybridized carbons (Fsp3) is 0.409. The predicted molar refractivity (Wildman–Crippen MR) is 115 cm³/mol. The van der Waals surface area contributed by atoms with Crippen LogP contribution in [0, 0.1) is 20.8 Å². The van der Waals surface area contributed by atoms with Crippen molar-refractivity contribution >= 4 is 21.6 Å². The minimum absolute atomic E-state index is 0.173. The van der Waals surface area contributed by atoms with Crippen LogP contribution in [0.15, 0.2) is 42.5 Å². The van der Waals surface area contributed by atoms with Gasteiger partial charge in [0.1, 0.15) is 6.04 Å². The van der Waals surface area contributed by atoms with Gasteiger partial charge in [0.25, 0.3) is 0 Å². The number of hydrogen-bond donors (Lipinski definition) is 1. The number of rotatable bonds is 7. The molecule has 5 nitrogen and oxygen atoms in total. The van der Waals surface area contributed by atoms with E-state index >= 15 is 0 Å². The van der Waals surface area contributed by atoms with Gasteiger partial charge < -0.3 is 5.32 Å². The number of aryl methyl sites for hydroxylation is 3. The van der Waals surface area contributed by atoms with Crippen LogP contribution < -0.4 is 9.62 Å². The molecule has 0 aromatic heterocycles. The first-order valence-corrected chi connectivity index (χ1v) is 11.3. The molecule has 2 aromatic rings. The summed E-state index contributed by atoms with van der Waals surface area (Å²) in [4.78, 5) is 13.0. The molecule has 152 valence electrons. The van der Waals surface area contributed by atoms with Crippen LogP contribution in [0.1, 0.15) is 48.6 Å². The molecule has 2 rings (SSSR count). The average molecular weight is 403 g/mol. The van der Waals surface area contributed by atoms with Crippen LogP contribution in [0.5, 0.6) is 0 Å². The van der Waals surface area contributed by atoms with E-state index in [-0.39, 0.29) is 11.9 Å². The molecule has 2 aromatic carbocycles. The van der Waals surface area contributed by atoms with Crippen molar-refractivity contribution in [1.29, 1.82) is 0 Å². The molecule has 0 saturated carbocycles. The third kappa shape index (κ3) is 5.13. The smallest absolute Gasteiger partial charge is 0.244 e. The number of hydrogen-bond acceptors (Lipinski definition) is 3. The summed E-state index contributed by atoms with van der Waals surface area (Å²) in [5.74, 6) is -0.322. The molecule has 0 heterocycles. The first kappa shape index (κ1) is 22.0. The minimum Gasteiger partial charge on any atom is -0.347 e. The van der Waals surface area contributed by atoms with Crippen LogP contribution in [0.2, 0.25) is 0 Å². The van der Waals surface area contributed by atoms with E-state index in [4.69, 9.17) is 0 Å². The van der Waals surface area contributed by atoms with Crippen molar-refractivity contribution in [1.82, 2.24) is 5.32 Å². The van der Waals surface area contributed by atoms with Crippen LogP contribution in [-0.2, 0) is 14.8 Å². The Morgan fingerprint density at radius 2 is 1.75 bits per heavy atom. The average Bonchev–Trinajstić information content (AvgIpc) is 2.60. The quantitative estimate of drug-likeness (QED) is 0.760. The Balaban J connectivity index is 2.30. The summed E-state index contributed by atoms with van der Waals surface area (Å²) in [6, 6.07) is 12.2. The number of sulfonamides is 1. The van der Waals surface area contributed by atoms with Gasteiger partial charge >= 0.3 is 0 Å². The normalized spacial score (nSPS) is 13.6. The highest BCUT2D eigenvalue weighted by atomic mass is 32.2. The first-order chi connectivity index (χ1) is 13.0. The van der Waals surface area contributed by atoms with Crippen LogP contribution >= 0.6 is 0 Å². The Kier molecular flexibility index (Phi) is 6.88. The molecule has 0 aliphatic rings. The van der Waals surface area contributed by atoms with Crippen molar-refractivity contribution in [2.75, 3.05) is 10.6 Å². The van der Waals surface area contributed by atoms with Crippen molar-refractivity contribution in [2.24, 2.45) is 0 Å². The topological polar surface area (TPSA) is 66.5 Å². The minimum atomic E-state index is -3.63. The molecular formula is C22H30N2O3S. The van der Waals surface area contributed by atoms with Gasteiger partial charge in [-0.1, -0.05) is 37.3 Å². The van der Waals surface area contributed by atoms with E-state index in [0.717, 1.165) is 22.9 Å². The van der Waals surface area contributed by atoms with Crippen molar-refractivity contribution in [2.45, 2.75) is 53.1 Å². The maximum Gasteiger partial charge on any atom is 0.244 e. The first-order valence-electron chi connectivity index (χ1n) is 9.48. The zero-order valence-corrected chi connectivity index (χ0v) is 18.3. The molecule has 28 heavy (non-hydrogen) atoms. The van der Waals surface area contributed by atoms with Crippen molar-refractivity contribution < 1.29 is 13.2 Å². The molecule has 0 bridgehead atoms. The van der Waals surface area contributed by atoms with Gasteiger partial charge in [0.05, 0.1) is 18.0 Å². The predicted octanol–water partition coefficient (Wildman–Crippen LogP) is 4.03. The van der Waals surface area contributed by atoms with Crippen molar-refractivity contribution in [3.8, 4) is 0 Å². The number of amides is 1. The number of benzene rings is 2. The Morgan fingerprint density at radius 3 is 2.29 bits per heavy atom. The second-order valence-electron chi connectivity index (χ2n) is 7.39. The maximum atomic E-state index is 13.0. The van der Waals surface area contributed by atoms with Crippen LogP contribution in [0.3, 0.4) is 0 Å². The van der Waals surface area contributed by atoms with Gasteiger partial charge in [-0.3, -0.25) is 9.10 Å². The van der Waals surface area contributed by atoms with Gasteiger partial charge in [-0.2, -0.15) is 0 Å². The lowest BCUT2D eigenvalue weighted by molar-refractivity contribution is -0.122. The fourth-order valence-corrected chi connectivity index (χ4v) is 4.44. The summed E-state index contributed by atoms with van der Waals surface area (Å²) in [5.41, 5.74) is 4.80. The van der Waals surface area contributed by atoms with Crippen molar-refractivity contribution in [3.63, 3.8) is 0 Å². The number of nitrogens with zero attached hydrogens (tertiary/aromatic N) is 1. The zero-order valence-electron chi connectivity index (χ0n) is 17.5. The molecule has 0 aliphatic heterocycles. The summed E-state index contributed by atoms with van der Waals surface area (Å²) in [5, 5.41) is 3.02. The molecule has 0 fully saturated rings. The van der Waals surface area contributed by atoms with Crippen LogP contribution in [-0.4, -0.2) is 26.6 Å². The third-order valence-corrected chi connectivity index (χ3v) is 6.24. The lowest BCUT2D eigenvalue weighted by Gasteiger charge is -2.30. The molecule has 0 aliphatic carbocycles. The standard InChI is InChI=1S/C22H30N2O3S/c1-7-21(19-12-11-16(3)17(4)14-19)23-22(25)18(5)24(28(6,26)27)20-10-8-9-15(2)13-20/h8-14,18,21H,7H2,1-6H3,(H,23,25)/t18-,21-/m1/s1. The molecule has 6 heteroatoms. The Bertz CT molecular complexity index is 954. The van der Waals surface area contributed by atoms with Gasteiger partial charge in [0.15, 0.2) is 0 Å². The summed E-state index contributed by atoms with van der Waals surface area (Å²) < 4.78 is 26.1. The largest absolute Gasteiger partial charge is 0.347 e. The molecule has 0 unspecified atom stereocenters. The second-order valence-corrected chi connectivity index (χ2v) is 9.25. The molecular weight excluding hydrogens is 372 g/mol. The van der Waals surface area contributed by atoms with E-state index < -0.39 is 16.1 Å². The van der Waals surface area contributed by atoms with Gasteiger partial charge in [-0.25, -0.2) is 8.42 Å². The third-order valence-electron chi connectivity index (χ3n) is 5.00. The number of nitrogens with one attached hydrogen (secondary N) is 1. The number of anilines is 1. The SMILES string of the molecule is CC[C@@H](NC(=O)[C@@H](C)N(c1cccc(C)c1)S(C)(=O)=O)c1ccc(C)c(C)c1. The van der Waals surface area contributed by atoms with Gasteiger partial charge in [-0.05, 0) is 68.5 Å². The van der Waals surface area contributed by atoms with Gasteiger partial charge in [0, 0.05) is 0 Å². The van der Waals surface area contributed by atoms with Crippen LogP contribution in [0.25, 0.3) is 0 Å². The number of carbonyl (C=O) groups is 1. The molecule has 0 spiro atoms. The summed E-state index contributed by atoms with van der Waals surface area (Å²) in [6.07, 6.45) is 1.84. The second kappa shape index (κ2) is 8.78. The summed E-state index contributed by atoms with van der Waals surface area (Å²) in [7, 11) is -3.63. The van der Waals surface area contributed by atoms with E-state index in [0.29, 0.717) is 12.1 Å². The molecule has 0 saturated heterocycles. The van der Waals surface area contributed by atoms with E-state index in [1.54, 1.807) is 25.1 Å². The zero-order chi connectivity index (χ0) is 21.1. The van der Waals surface area contributed by atoms with Gasteiger partial charge in [0.2, 0.25) is 15.9 Å². The van der Waals surface area contributed by atoms with Gasteiger partial charge in [-0.15, -0.1) is 0 Å². The van der Waals surface area contributed by atoms with E-state index in [9.17, 15) is 13.2 Å². The summed E-state index contributed by atoms with van der Waals surface area (Å²) in [6.45, 7) is 9.60. The fourth-order valence-electron chi connectivity index (χ4n) is 3.27. The van der Waals surface area contributed by atoms with E-state index in [1.807, 2.05) is 45.9 Å². The maximum absolute atomic E-state index is 13.0.